The molecule has 0 aliphatic carbocycles. The summed E-state index contributed by atoms with van der Waals surface area (Å²) in [6.07, 6.45) is -3.59. The van der Waals surface area contributed by atoms with Crippen LogP contribution in [0, 0.1) is 11.3 Å². The molecule has 1 aliphatic heterocycles. The monoisotopic (exact) mass is 369 g/mol. The van der Waals surface area contributed by atoms with Crippen molar-refractivity contribution < 1.29 is 22.7 Å². The number of nitrogens with one attached hydrogen (secondary N) is 1. The van der Waals surface area contributed by atoms with Gasteiger partial charge in [-0.2, -0.15) is 18.4 Å². The molecule has 1 aromatic rings. The van der Waals surface area contributed by atoms with Gasteiger partial charge in [-0.05, 0) is 51.8 Å². The zero-order valence-corrected chi connectivity index (χ0v) is 15.0. The number of rotatable bonds is 2. The number of halogens is 3. The quantitative estimate of drug-likeness (QED) is 0.840. The average molecular weight is 369 g/mol. The molecule has 1 aliphatic rings. The van der Waals surface area contributed by atoms with Gasteiger partial charge in [-0.1, -0.05) is 0 Å². The van der Waals surface area contributed by atoms with Crippen LogP contribution in [0.5, 0.6) is 0 Å². The van der Waals surface area contributed by atoms with E-state index in [1.807, 2.05) is 0 Å². The van der Waals surface area contributed by atoms with E-state index in [0.717, 1.165) is 25.0 Å². The molecule has 0 saturated carbocycles. The van der Waals surface area contributed by atoms with Crippen molar-refractivity contribution in [1.82, 2.24) is 4.90 Å². The summed E-state index contributed by atoms with van der Waals surface area (Å²) in [5, 5.41) is 11.9. The molecule has 1 amide bonds. The maximum atomic E-state index is 13.1. The summed E-state index contributed by atoms with van der Waals surface area (Å²) in [5.41, 5.74) is -1.72. The third kappa shape index (κ3) is 5.28. The van der Waals surface area contributed by atoms with Gasteiger partial charge in [-0.3, -0.25) is 0 Å². The summed E-state index contributed by atoms with van der Waals surface area (Å²) < 4.78 is 44.6. The molecule has 1 heterocycles. The number of nitriles is 1. The van der Waals surface area contributed by atoms with E-state index in [9.17, 15) is 18.0 Å². The van der Waals surface area contributed by atoms with Crippen molar-refractivity contribution in [3.05, 3.63) is 29.3 Å². The standard InChI is InChI=1S/C18H22F3N3O2/c1-17(2,3)26-16(25)24-8-4-5-14(11-24)23-13-7-6-12(10-22)15(9-13)18(19,20)21/h6-7,9,14,23H,4-5,8,11H2,1-3H3/t14-/m1/s1. The highest BCUT2D eigenvalue weighted by molar-refractivity contribution is 5.68. The van der Waals surface area contributed by atoms with Crippen LogP contribution < -0.4 is 5.32 Å². The number of benzene rings is 1. The van der Waals surface area contributed by atoms with Gasteiger partial charge in [0.15, 0.2) is 0 Å². The lowest BCUT2D eigenvalue weighted by atomic mass is 10.0. The molecule has 1 aromatic carbocycles. The summed E-state index contributed by atoms with van der Waals surface area (Å²) in [7, 11) is 0. The minimum Gasteiger partial charge on any atom is -0.444 e. The molecule has 26 heavy (non-hydrogen) atoms. The zero-order valence-electron chi connectivity index (χ0n) is 15.0. The summed E-state index contributed by atoms with van der Waals surface area (Å²) in [6, 6.07) is 4.90. The Morgan fingerprint density at radius 3 is 2.62 bits per heavy atom. The first-order valence-corrected chi connectivity index (χ1v) is 8.35. The molecule has 0 bridgehead atoms. The Morgan fingerprint density at radius 1 is 1.35 bits per heavy atom. The maximum Gasteiger partial charge on any atom is 0.417 e. The van der Waals surface area contributed by atoms with Gasteiger partial charge in [-0.25, -0.2) is 4.79 Å². The lowest BCUT2D eigenvalue weighted by Gasteiger charge is -2.35. The molecule has 0 radical (unpaired) electrons. The van der Waals surface area contributed by atoms with Gasteiger partial charge in [0.25, 0.3) is 0 Å². The minimum atomic E-state index is -4.60. The van der Waals surface area contributed by atoms with Crippen molar-refractivity contribution in [3.8, 4) is 6.07 Å². The number of piperidine rings is 1. The summed E-state index contributed by atoms with van der Waals surface area (Å²) in [4.78, 5) is 13.7. The number of amides is 1. The van der Waals surface area contributed by atoms with Crippen LogP contribution in [0.2, 0.25) is 0 Å². The van der Waals surface area contributed by atoms with E-state index in [0.29, 0.717) is 13.1 Å². The van der Waals surface area contributed by atoms with E-state index in [1.54, 1.807) is 31.7 Å². The van der Waals surface area contributed by atoms with Crippen LogP contribution >= 0.6 is 0 Å². The van der Waals surface area contributed by atoms with E-state index in [4.69, 9.17) is 10.00 Å². The maximum absolute atomic E-state index is 13.1. The van der Waals surface area contributed by atoms with Crippen LogP contribution in [-0.2, 0) is 10.9 Å². The van der Waals surface area contributed by atoms with Crippen molar-refractivity contribution >= 4 is 11.8 Å². The van der Waals surface area contributed by atoms with Crippen molar-refractivity contribution in [1.29, 1.82) is 5.26 Å². The molecule has 0 unspecified atom stereocenters. The lowest BCUT2D eigenvalue weighted by molar-refractivity contribution is -0.137. The predicted octanol–water partition coefficient (Wildman–Crippen LogP) is 4.39. The number of alkyl halides is 3. The Balaban J connectivity index is 2.09. The number of likely N-dealkylation sites (tertiary alicyclic amines) is 1. The second-order valence-electron chi connectivity index (χ2n) is 7.28. The fraction of sp³-hybridized carbons (Fsp3) is 0.556. The van der Waals surface area contributed by atoms with Gasteiger partial charge in [0.05, 0.1) is 17.2 Å². The molecule has 1 atom stereocenters. The van der Waals surface area contributed by atoms with Crippen LogP contribution in [0.4, 0.5) is 23.7 Å². The van der Waals surface area contributed by atoms with Gasteiger partial charge >= 0.3 is 12.3 Å². The molecule has 1 saturated heterocycles. The fourth-order valence-electron chi connectivity index (χ4n) is 2.79. The summed E-state index contributed by atoms with van der Waals surface area (Å²) in [6.45, 7) is 6.23. The molecular weight excluding hydrogens is 347 g/mol. The van der Waals surface area contributed by atoms with E-state index in [2.05, 4.69) is 5.32 Å². The van der Waals surface area contributed by atoms with Crippen LogP contribution in [0.1, 0.15) is 44.7 Å². The second-order valence-corrected chi connectivity index (χ2v) is 7.28. The van der Waals surface area contributed by atoms with E-state index in [-0.39, 0.29) is 11.7 Å². The Hall–Kier alpha value is -2.43. The number of carbonyl (C=O) groups excluding carboxylic acids is 1. The molecule has 2 rings (SSSR count). The van der Waals surface area contributed by atoms with Gasteiger partial charge in [-0.15, -0.1) is 0 Å². The molecule has 5 nitrogen and oxygen atoms in total. The topological polar surface area (TPSA) is 65.4 Å². The Morgan fingerprint density at radius 2 is 2.04 bits per heavy atom. The Bertz CT molecular complexity index is 705. The Labute approximate surface area is 150 Å². The van der Waals surface area contributed by atoms with Gasteiger partial charge in [0, 0.05) is 24.8 Å². The molecule has 1 N–H and O–H groups in total. The normalized spacial score (nSPS) is 18.2. The number of ether oxygens (including phenoxy) is 1. The third-order valence-electron chi connectivity index (χ3n) is 3.89. The number of hydrogen-bond acceptors (Lipinski definition) is 4. The molecule has 0 spiro atoms. The smallest absolute Gasteiger partial charge is 0.417 e. The van der Waals surface area contributed by atoms with Crippen LogP contribution in [-0.4, -0.2) is 35.7 Å². The first-order chi connectivity index (χ1) is 12.0. The van der Waals surface area contributed by atoms with E-state index in [1.165, 1.54) is 6.07 Å². The molecule has 0 aromatic heterocycles. The predicted molar refractivity (Wildman–Crippen MR) is 90.6 cm³/mol. The van der Waals surface area contributed by atoms with Crippen LogP contribution in [0.3, 0.4) is 0 Å². The molecule has 1 fully saturated rings. The fourth-order valence-corrected chi connectivity index (χ4v) is 2.79. The minimum absolute atomic E-state index is 0.190. The van der Waals surface area contributed by atoms with Gasteiger partial charge < -0.3 is 15.0 Å². The van der Waals surface area contributed by atoms with Crippen molar-refractivity contribution in [2.45, 2.75) is 51.4 Å². The summed E-state index contributed by atoms with van der Waals surface area (Å²) in [5.74, 6) is 0. The van der Waals surface area contributed by atoms with Crippen LogP contribution in [0.25, 0.3) is 0 Å². The largest absolute Gasteiger partial charge is 0.444 e. The summed E-state index contributed by atoms with van der Waals surface area (Å²) >= 11 is 0. The highest BCUT2D eigenvalue weighted by atomic mass is 19.4. The SMILES string of the molecule is CC(C)(C)OC(=O)N1CCC[C@@H](Nc2ccc(C#N)c(C(F)(F)F)c2)C1. The number of hydrogen-bond donors (Lipinski definition) is 1. The van der Waals surface area contributed by atoms with Crippen molar-refractivity contribution in [2.24, 2.45) is 0 Å². The van der Waals surface area contributed by atoms with Gasteiger partial charge in [0.2, 0.25) is 0 Å². The number of nitrogens with zero attached hydrogens (tertiary/aromatic N) is 2. The average Bonchev–Trinajstić information content (AvgIpc) is 2.52. The van der Waals surface area contributed by atoms with Crippen LogP contribution in [0.15, 0.2) is 18.2 Å². The number of anilines is 1. The first kappa shape index (κ1) is 19.9. The molecule has 8 heteroatoms. The number of carbonyl (C=O) groups is 1. The van der Waals surface area contributed by atoms with E-state index >= 15 is 0 Å². The highest BCUT2D eigenvalue weighted by Crippen LogP contribution is 2.34. The van der Waals surface area contributed by atoms with Gasteiger partial charge in [0.1, 0.15) is 5.60 Å². The Kier molecular flexibility index (Phi) is 5.69. The lowest BCUT2D eigenvalue weighted by Crippen LogP contribution is -2.47. The third-order valence-corrected chi connectivity index (χ3v) is 3.89. The zero-order chi connectivity index (χ0) is 19.5. The van der Waals surface area contributed by atoms with Crippen molar-refractivity contribution in [2.75, 3.05) is 18.4 Å². The van der Waals surface area contributed by atoms with Crippen molar-refractivity contribution in [3.63, 3.8) is 0 Å². The highest BCUT2D eigenvalue weighted by Gasteiger charge is 2.34. The molecule has 142 valence electrons. The second kappa shape index (κ2) is 7.44. The van der Waals surface area contributed by atoms with E-state index < -0.39 is 29.0 Å². The molecular formula is C18H22F3N3O2. The first-order valence-electron chi connectivity index (χ1n) is 8.35.